The summed E-state index contributed by atoms with van der Waals surface area (Å²) in [6.07, 6.45) is 1.78. The molecule has 0 saturated carbocycles. The monoisotopic (exact) mass is 291 g/mol. The third kappa shape index (κ3) is 5.48. The van der Waals surface area contributed by atoms with Crippen LogP contribution in [0.5, 0.6) is 0 Å². The second-order valence-corrected chi connectivity index (χ2v) is 4.06. The second-order valence-electron chi connectivity index (χ2n) is 4.06. The maximum Gasteiger partial charge on any atom is 0.408 e. The number of hydrogen-bond donors (Lipinski definition) is 1. The van der Waals surface area contributed by atoms with Crippen molar-refractivity contribution in [2.75, 3.05) is 7.11 Å². The van der Waals surface area contributed by atoms with Crippen molar-refractivity contribution in [3.63, 3.8) is 0 Å². The fourth-order valence-electron chi connectivity index (χ4n) is 1.51. The van der Waals surface area contributed by atoms with Crippen LogP contribution in [-0.2, 0) is 25.7 Å². The number of nitrogens with one attached hydrogen (secondary N) is 1. The summed E-state index contributed by atoms with van der Waals surface area (Å²) in [7, 11) is 1.13. The molecule has 0 bridgehead atoms. The molecule has 1 aromatic rings. The average molecular weight is 291 g/mol. The van der Waals surface area contributed by atoms with E-state index in [4.69, 9.17) is 4.74 Å². The number of ketones is 1. The zero-order valence-corrected chi connectivity index (χ0v) is 11.9. The molecule has 0 aliphatic rings. The van der Waals surface area contributed by atoms with Crippen LogP contribution in [-0.4, -0.2) is 31.0 Å². The Bertz CT molecular complexity index is 524. The zero-order chi connectivity index (χ0) is 15.7. The van der Waals surface area contributed by atoms with Crippen molar-refractivity contribution in [1.82, 2.24) is 5.32 Å². The van der Waals surface area contributed by atoms with Crippen LogP contribution in [0, 0.1) is 0 Å². The first-order valence-corrected chi connectivity index (χ1v) is 6.30. The number of alkyl carbamates (subject to hydrolysis) is 1. The minimum atomic E-state index is -1.41. The van der Waals surface area contributed by atoms with Gasteiger partial charge in [-0.2, -0.15) is 0 Å². The first kappa shape index (κ1) is 16.4. The Morgan fingerprint density at radius 3 is 2.48 bits per heavy atom. The van der Waals surface area contributed by atoms with E-state index in [2.05, 4.69) is 10.1 Å². The van der Waals surface area contributed by atoms with Gasteiger partial charge in [-0.3, -0.25) is 4.79 Å². The standard InChI is InChI=1S/C15H17NO5/c1-3-7-12(17)13(14(18)20-2)16-15(19)21-10-11-8-5-4-6-9-11/h3-9,13H,10H2,1-2H3,(H,16,19)/b7-3+. The number of esters is 1. The summed E-state index contributed by atoms with van der Waals surface area (Å²) < 4.78 is 9.43. The second kappa shape index (κ2) is 8.52. The largest absolute Gasteiger partial charge is 0.467 e. The van der Waals surface area contributed by atoms with Crippen molar-refractivity contribution in [3.8, 4) is 0 Å². The van der Waals surface area contributed by atoms with E-state index in [1.165, 1.54) is 12.2 Å². The van der Waals surface area contributed by atoms with Gasteiger partial charge in [0.05, 0.1) is 7.11 Å². The molecule has 112 valence electrons. The molecule has 21 heavy (non-hydrogen) atoms. The molecule has 1 aromatic carbocycles. The Balaban J connectivity index is 2.60. The van der Waals surface area contributed by atoms with Crippen LogP contribution < -0.4 is 5.32 Å². The summed E-state index contributed by atoms with van der Waals surface area (Å²) in [6, 6.07) is 7.63. The Morgan fingerprint density at radius 1 is 1.24 bits per heavy atom. The van der Waals surface area contributed by atoms with Crippen LogP contribution in [0.25, 0.3) is 0 Å². The Morgan fingerprint density at radius 2 is 1.90 bits per heavy atom. The molecule has 6 heteroatoms. The molecular weight excluding hydrogens is 274 g/mol. The first-order valence-electron chi connectivity index (χ1n) is 6.30. The SMILES string of the molecule is C/C=C/C(=O)C(NC(=O)OCc1ccccc1)C(=O)OC. The molecule has 0 saturated heterocycles. The van der Waals surface area contributed by atoms with E-state index in [9.17, 15) is 14.4 Å². The smallest absolute Gasteiger partial charge is 0.408 e. The molecule has 1 N–H and O–H groups in total. The van der Waals surface area contributed by atoms with Crippen LogP contribution in [0.15, 0.2) is 42.5 Å². The molecule has 1 atom stereocenters. The van der Waals surface area contributed by atoms with Crippen molar-refractivity contribution in [2.45, 2.75) is 19.6 Å². The minimum absolute atomic E-state index is 0.0401. The molecule has 1 rings (SSSR count). The van der Waals surface area contributed by atoms with Crippen LogP contribution in [0.3, 0.4) is 0 Å². The number of carbonyl (C=O) groups excluding carboxylic acids is 3. The van der Waals surface area contributed by atoms with Crippen molar-refractivity contribution < 1.29 is 23.9 Å². The molecule has 0 aliphatic heterocycles. The fourth-order valence-corrected chi connectivity index (χ4v) is 1.51. The molecule has 1 amide bonds. The Kier molecular flexibility index (Phi) is 6.67. The Labute approximate surface area is 122 Å². The van der Waals surface area contributed by atoms with Crippen LogP contribution in [0.4, 0.5) is 4.79 Å². The van der Waals surface area contributed by atoms with Crippen LogP contribution >= 0.6 is 0 Å². The molecule has 0 spiro atoms. The molecule has 0 fully saturated rings. The van der Waals surface area contributed by atoms with Crippen molar-refractivity contribution in [3.05, 3.63) is 48.0 Å². The van der Waals surface area contributed by atoms with E-state index < -0.39 is 23.9 Å². The molecule has 0 heterocycles. The summed E-state index contributed by atoms with van der Waals surface area (Å²) in [5, 5.41) is 2.19. The molecule has 0 aliphatic carbocycles. The molecule has 1 unspecified atom stereocenters. The summed E-state index contributed by atoms with van der Waals surface area (Å²) in [4.78, 5) is 34.8. The van der Waals surface area contributed by atoms with Gasteiger partial charge in [-0.15, -0.1) is 0 Å². The summed E-state index contributed by atoms with van der Waals surface area (Å²) in [5.74, 6) is -1.43. The van der Waals surface area contributed by atoms with Crippen molar-refractivity contribution in [1.29, 1.82) is 0 Å². The van der Waals surface area contributed by atoms with E-state index in [0.29, 0.717) is 0 Å². The van der Waals surface area contributed by atoms with Gasteiger partial charge in [0, 0.05) is 0 Å². The fraction of sp³-hybridized carbons (Fsp3) is 0.267. The molecule has 6 nitrogen and oxygen atoms in total. The highest BCUT2D eigenvalue weighted by Gasteiger charge is 2.28. The van der Waals surface area contributed by atoms with E-state index in [1.807, 2.05) is 18.2 Å². The summed E-state index contributed by atoms with van der Waals surface area (Å²) >= 11 is 0. The lowest BCUT2D eigenvalue weighted by Crippen LogP contribution is -2.46. The number of carbonyl (C=O) groups is 3. The van der Waals surface area contributed by atoms with E-state index in [1.54, 1.807) is 19.1 Å². The maximum atomic E-state index is 11.7. The predicted octanol–water partition coefficient (Wildman–Crippen LogP) is 1.60. The number of benzene rings is 1. The van der Waals surface area contributed by atoms with Gasteiger partial charge >= 0.3 is 12.1 Å². The van der Waals surface area contributed by atoms with Crippen molar-refractivity contribution in [2.24, 2.45) is 0 Å². The summed E-state index contributed by atoms with van der Waals surface area (Å²) in [6.45, 7) is 1.67. The van der Waals surface area contributed by atoms with Gasteiger partial charge in [0.25, 0.3) is 0 Å². The number of methoxy groups -OCH3 is 1. The van der Waals surface area contributed by atoms with Gasteiger partial charge in [0.1, 0.15) is 6.61 Å². The quantitative estimate of drug-likeness (QED) is 0.489. The lowest BCUT2D eigenvalue weighted by Gasteiger charge is -2.13. The highest BCUT2D eigenvalue weighted by molar-refractivity contribution is 6.10. The number of ether oxygens (including phenoxy) is 2. The zero-order valence-electron chi connectivity index (χ0n) is 11.9. The van der Waals surface area contributed by atoms with E-state index in [-0.39, 0.29) is 6.61 Å². The normalized spacial score (nSPS) is 11.7. The predicted molar refractivity (Wildman–Crippen MR) is 75.4 cm³/mol. The summed E-state index contributed by atoms with van der Waals surface area (Å²) in [5.41, 5.74) is 0.794. The first-order chi connectivity index (χ1) is 10.1. The minimum Gasteiger partial charge on any atom is -0.467 e. The third-order valence-electron chi connectivity index (χ3n) is 2.53. The number of amides is 1. The molecule has 0 aromatic heterocycles. The number of allylic oxidation sites excluding steroid dienone is 1. The van der Waals surface area contributed by atoms with Gasteiger partial charge in [0.2, 0.25) is 0 Å². The van der Waals surface area contributed by atoms with Gasteiger partial charge < -0.3 is 14.8 Å². The number of hydrogen-bond acceptors (Lipinski definition) is 5. The molecule has 0 radical (unpaired) electrons. The maximum absolute atomic E-state index is 11.7. The average Bonchev–Trinajstić information content (AvgIpc) is 2.51. The van der Waals surface area contributed by atoms with Crippen molar-refractivity contribution >= 4 is 17.8 Å². The highest BCUT2D eigenvalue weighted by Crippen LogP contribution is 2.01. The van der Waals surface area contributed by atoms with Crippen LogP contribution in [0.1, 0.15) is 12.5 Å². The van der Waals surface area contributed by atoms with E-state index in [0.717, 1.165) is 12.7 Å². The topological polar surface area (TPSA) is 81.7 Å². The van der Waals surface area contributed by atoms with Gasteiger partial charge in [-0.05, 0) is 18.6 Å². The van der Waals surface area contributed by atoms with Gasteiger partial charge in [-0.25, -0.2) is 9.59 Å². The highest BCUT2D eigenvalue weighted by atomic mass is 16.6. The number of rotatable bonds is 6. The van der Waals surface area contributed by atoms with Crippen LogP contribution in [0.2, 0.25) is 0 Å². The Hall–Kier alpha value is -2.63. The molecular formula is C15H17NO5. The van der Waals surface area contributed by atoms with Gasteiger partial charge in [-0.1, -0.05) is 36.4 Å². The van der Waals surface area contributed by atoms with E-state index >= 15 is 0 Å². The van der Waals surface area contributed by atoms with Gasteiger partial charge in [0.15, 0.2) is 11.8 Å². The lowest BCUT2D eigenvalue weighted by molar-refractivity contribution is -0.145. The lowest BCUT2D eigenvalue weighted by atomic mass is 10.2. The third-order valence-corrected chi connectivity index (χ3v) is 2.53.